The summed E-state index contributed by atoms with van der Waals surface area (Å²) < 4.78 is 5.08. The van der Waals surface area contributed by atoms with Crippen molar-refractivity contribution in [2.75, 3.05) is 6.61 Å². The molecular weight excluding hydrogens is 405 g/mol. The van der Waals surface area contributed by atoms with Crippen LogP contribution in [0.15, 0.2) is 69.8 Å². The number of nitrogens with zero attached hydrogens (tertiary/aromatic N) is 1. The quantitative estimate of drug-likeness (QED) is 0.600. The van der Waals surface area contributed by atoms with Crippen LogP contribution in [0, 0.1) is 0 Å². The van der Waals surface area contributed by atoms with Gasteiger partial charge in [0.05, 0.1) is 27.2 Å². The molecule has 1 heterocycles. The molecule has 0 saturated carbocycles. The topological polar surface area (TPSA) is 58.9 Å². The largest absolute Gasteiger partial charge is 0.506 e. The molecule has 0 saturated heterocycles. The highest BCUT2D eigenvalue weighted by Crippen LogP contribution is 2.40. The SMILES string of the molecule is CCOC(=O)C1=C(O)C(=Cc2ccc(Cl)c(Cl)c2)SC1=Nc1ccccc1. The van der Waals surface area contributed by atoms with E-state index >= 15 is 0 Å². The van der Waals surface area contributed by atoms with Crippen LogP contribution in [0.1, 0.15) is 12.5 Å². The average Bonchev–Trinajstić information content (AvgIpc) is 2.94. The fourth-order valence-electron chi connectivity index (χ4n) is 2.37. The molecular formula is C20H15Cl2NO3S. The Bertz CT molecular complexity index is 968. The minimum Gasteiger partial charge on any atom is -0.506 e. The highest BCUT2D eigenvalue weighted by Gasteiger charge is 2.33. The predicted octanol–water partition coefficient (Wildman–Crippen LogP) is 6.19. The molecule has 0 atom stereocenters. The van der Waals surface area contributed by atoms with Crippen molar-refractivity contribution >= 4 is 57.7 Å². The number of aliphatic hydroxyl groups excluding tert-OH is 1. The second-order valence-corrected chi connectivity index (χ2v) is 7.33. The van der Waals surface area contributed by atoms with Crippen LogP contribution in [-0.2, 0) is 9.53 Å². The third-order valence-corrected chi connectivity index (χ3v) is 5.36. The molecule has 0 aromatic heterocycles. The maximum absolute atomic E-state index is 12.4. The third-order valence-electron chi connectivity index (χ3n) is 3.60. The minimum absolute atomic E-state index is 0.0528. The van der Waals surface area contributed by atoms with Crippen LogP contribution < -0.4 is 0 Å². The van der Waals surface area contributed by atoms with Crippen molar-refractivity contribution in [3.05, 3.63) is 80.4 Å². The van der Waals surface area contributed by atoms with Gasteiger partial charge in [-0.25, -0.2) is 9.79 Å². The van der Waals surface area contributed by atoms with Crippen LogP contribution >= 0.6 is 35.0 Å². The normalized spacial score (nSPS) is 17.0. The van der Waals surface area contributed by atoms with Crippen molar-refractivity contribution in [3.63, 3.8) is 0 Å². The number of rotatable bonds is 4. The first kappa shape index (κ1) is 19.5. The maximum Gasteiger partial charge on any atom is 0.344 e. The van der Waals surface area contributed by atoms with E-state index in [1.54, 1.807) is 31.2 Å². The lowest BCUT2D eigenvalue weighted by Crippen LogP contribution is -2.12. The molecule has 3 rings (SSSR count). The monoisotopic (exact) mass is 419 g/mol. The number of hydrogen-bond donors (Lipinski definition) is 1. The fraction of sp³-hybridized carbons (Fsp3) is 0.100. The number of para-hydroxylation sites is 1. The lowest BCUT2D eigenvalue weighted by atomic mass is 10.1. The van der Waals surface area contributed by atoms with Crippen LogP contribution in [0.2, 0.25) is 10.0 Å². The fourth-order valence-corrected chi connectivity index (χ4v) is 3.71. The molecule has 1 aliphatic heterocycles. The Morgan fingerprint density at radius 1 is 1.19 bits per heavy atom. The molecule has 0 radical (unpaired) electrons. The van der Waals surface area contributed by atoms with E-state index in [-0.39, 0.29) is 17.9 Å². The van der Waals surface area contributed by atoms with Crippen LogP contribution in [0.25, 0.3) is 6.08 Å². The van der Waals surface area contributed by atoms with Crippen LogP contribution in [0.3, 0.4) is 0 Å². The van der Waals surface area contributed by atoms with Crippen LogP contribution in [-0.4, -0.2) is 22.7 Å². The first-order chi connectivity index (χ1) is 13.0. The maximum atomic E-state index is 12.4. The molecule has 138 valence electrons. The zero-order chi connectivity index (χ0) is 19.4. The average molecular weight is 420 g/mol. The first-order valence-electron chi connectivity index (χ1n) is 8.09. The van der Waals surface area contributed by atoms with Gasteiger partial charge >= 0.3 is 5.97 Å². The van der Waals surface area contributed by atoms with Crippen molar-refractivity contribution < 1.29 is 14.6 Å². The Morgan fingerprint density at radius 3 is 2.59 bits per heavy atom. The summed E-state index contributed by atoms with van der Waals surface area (Å²) >= 11 is 13.2. The number of benzene rings is 2. The van der Waals surface area contributed by atoms with Crippen molar-refractivity contribution in [3.8, 4) is 0 Å². The summed E-state index contributed by atoms with van der Waals surface area (Å²) in [5.41, 5.74) is 1.46. The summed E-state index contributed by atoms with van der Waals surface area (Å²) in [7, 11) is 0. The molecule has 2 aromatic rings. The molecule has 0 bridgehead atoms. The van der Waals surface area contributed by atoms with Gasteiger partial charge in [-0.15, -0.1) is 0 Å². The van der Waals surface area contributed by atoms with E-state index in [2.05, 4.69) is 4.99 Å². The van der Waals surface area contributed by atoms with E-state index in [9.17, 15) is 9.90 Å². The van der Waals surface area contributed by atoms with Crippen molar-refractivity contribution in [1.29, 1.82) is 0 Å². The number of aliphatic hydroxyl groups is 1. The molecule has 1 aliphatic rings. The van der Waals surface area contributed by atoms with Crippen molar-refractivity contribution in [2.24, 2.45) is 4.99 Å². The van der Waals surface area contributed by atoms with E-state index in [4.69, 9.17) is 27.9 Å². The van der Waals surface area contributed by atoms with E-state index in [0.29, 0.717) is 25.7 Å². The lowest BCUT2D eigenvalue weighted by molar-refractivity contribution is -0.138. The smallest absolute Gasteiger partial charge is 0.344 e. The second kappa shape index (κ2) is 8.65. The highest BCUT2D eigenvalue weighted by molar-refractivity contribution is 8.18. The molecule has 7 heteroatoms. The predicted molar refractivity (Wildman–Crippen MR) is 112 cm³/mol. The summed E-state index contributed by atoms with van der Waals surface area (Å²) in [6.07, 6.45) is 1.72. The minimum atomic E-state index is -0.616. The molecule has 0 amide bonds. The standard InChI is InChI=1S/C20H15Cl2NO3S/c1-2-26-20(25)17-18(24)16(11-12-8-9-14(21)15(22)10-12)27-19(17)23-13-6-4-3-5-7-13/h3-11,24H,2H2,1H3. The van der Waals surface area contributed by atoms with Gasteiger partial charge in [0.1, 0.15) is 16.4 Å². The molecule has 1 N–H and O–H groups in total. The van der Waals surface area contributed by atoms with Gasteiger partial charge in [-0.05, 0) is 42.8 Å². The van der Waals surface area contributed by atoms with Gasteiger partial charge in [-0.3, -0.25) is 0 Å². The Hall–Kier alpha value is -2.21. The molecule has 0 aliphatic carbocycles. The van der Waals surface area contributed by atoms with E-state index in [0.717, 1.165) is 5.56 Å². The van der Waals surface area contributed by atoms with Gasteiger partial charge in [0.15, 0.2) is 0 Å². The summed E-state index contributed by atoms with van der Waals surface area (Å²) in [4.78, 5) is 17.3. The number of esters is 1. The van der Waals surface area contributed by atoms with Gasteiger partial charge in [-0.2, -0.15) is 0 Å². The molecule has 2 aromatic carbocycles. The summed E-state index contributed by atoms with van der Waals surface area (Å²) in [6, 6.07) is 14.3. The third kappa shape index (κ3) is 4.56. The summed E-state index contributed by atoms with van der Waals surface area (Å²) in [5.74, 6) is -0.783. The molecule has 0 spiro atoms. The van der Waals surface area contributed by atoms with Crippen molar-refractivity contribution in [1.82, 2.24) is 0 Å². The summed E-state index contributed by atoms with van der Waals surface area (Å²) in [6.45, 7) is 1.91. The molecule has 0 fully saturated rings. The van der Waals surface area contributed by atoms with Gasteiger partial charge in [-0.1, -0.05) is 59.2 Å². The van der Waals surface area contributed by atoms with E-state index in [1.165, 1.54) is 11.8 Å². The van der Waals surface area contributed by atoms with Gasteiger partial charge in [0.2, 0.25) is 0 Å². The Labute approximate surface area is 171 Å². The zero-order valence-electron chi connectivity index (χ0n) is 14.3. The first-order valence-corrected chi connectivity index (χ1v) is 9.66. The van der Waals surface area contributed by atoms with E-state index < -0.39 is 5.97 Å². The number of hydrogen-bond acceptors (Lipinski definition) is 5. The van der Waals surface area contributed by atoms with Crippen LogP contribution in [0.5, 0.6) is 0 Å². The number of carbonyl (C=O) groups excluding carboxylic acids is 1. The number of halogens is 2. The van der Waals surface area contributed by atoms with Gasteiger partial charge in [0, 0.05) is 0 Å². The Morgan fingerprint density at radius 2 is 1.93 bits per heavy atom. The number of ether oxygens (including phenoxy) is 1. The number of aliphatic imine (C=N–C) groups is 1. The summed E-state index contributed by atoms with van der Waals surface area (Å²) in [5, 5.41) is 11.9. The molecule has 0 unspecified atom stereocenters. The van der Waals surface area contributed by atoms with Crippen molar-refractivity contribution in [2.45, 2.75) is 6.92 Å². The Balaban J connectivity index is 2.04. The Kier molecular flexibility index (Phi) is 6.26. The van der Waals surface area contributed by atoms with Gasteiger partial charge < -0.3 is 9.84 Å². The number of carbonyl (C=O) groups is 1. The molecule has 4 nitrogen and oxygen atoms in total. The molecule has 27 heavy (non-hydrogen) atoms. The lowest BCUT2D eigenvalue weighted by Gasteiger charge is -2.03. The number of thioether (sulfide) groups is 1. The van der Waals surface area contributed by atoms with Crippen LogP contribution in [0.4, 0.5) is 5.69 Å². The van der Waals surface area contributed by atoms with E-state index in [1.807, 2.05) is 30.3 Å². The van der Waals surface area contributed by atoms with Gasteiger partial charge in [0.25, 0.3) is 0 Å². The zero-order valence-corrected chi connectivity index (χ0v) is 16.6. The second-order valence-electron chi connectivity index (χ2n) is 5.48. The highest BCUT2D eigenvalue weighted by atomic mass is 35.5.